The average Bonchev–Trinajstić information content (AvgIpc) is 2.73. The quantitative estimate of drug-likeness (QED) is 0.529. The molecule has 0 saturated carbocycles. The molecule has 3 N–H and O–H groups in total. The fourth-order valence-corrected chi connectivity index (χ4v) is 4.47. The third-order valence-electron chi connectivity index (χ3n) is 4.45. The molecule has 29 heavy (non-hydrogen) atoms. The van der Waals surface area contributed by atoms with Crippen molar-refractivity contribution in [1.29, 1.82) is 0 Å². The first-order valence-corrected chi connectivity index (χ1v) is 10.3. The highest BCUT2D eigenvalue weighted by Crippen LogP contribution is 2.35. The van der Waals surface area contributed by atoms with Crippen LogP contribution < -0.4 is 10.5 Å². The van der Waals surface area contributed by atoms with E-state index in [0.717, 1.165) is 0 Å². The lowest BCUT2D eigenvalue weighted by Crippen LogP contribution is -2.20. The highest BCUT2D eigenvalue weighted by atomic mass is 32.2. The van der Waals surface area contributed by atoms with Crippen molar-refractivity contribution in [2.45, 2.75) is 5.03 Å². The number of nitrogens with one attached hydrogen (secondary N) is 1. The average molecular weight is 403 g/mol. The molecule has 6 nitrogen and oxygen atoms in total. The molecular weight excluding hydrogens is 386 g/mol. The van der Waals surface area contributed by atoms with Gasteiger partial charge in [0.2, 0.25) is 5.91 Å². The summed E-state index contributed by atoms with van der Waals surface area (Å²) >= 11 is 0. The number of primary amides is 1. The van der Waals surface area contributed by atoms with Crippen molar-refractivity contribution in [2.75, 3.05) is 4.72 Å². The van der Waals surface area contributed by atoms with Crippen LogP contribution >= 0.6 is 0 Å². The van der Waals surface area contributed by atoms with E-state index in [4.69, 9.17) is 5.73 Å². The lowest BCUT2D eigenvalue weighted by Gasteiger charge is -2.16. The number of pyridine rings is 1. The number of carbonyl (C=O) groups excluding carboxylic acids is 1. The van der Waals surface area contributed by atoms with Gasteiger partial charge in [-0.25, -0.2) is 4.98 Å². The summed E-state index contributed by atoms with van der Waals surface area (Å²) in [6, 6.07) is 24.1. The summed E-state index contributed by atoms with van der Waals surface area (Å²) in [7, 11) is -4.11. The number of hydrogen-bond donors (Lipinski definition) is 2. The second-order valence-electron chi connectivity index (χ2n) is 6.39. The molecule has 0 bridgehead atoms. The number of rotatable bonds is 5. The molecule has 4 rings (SSSR count). The fraction of sp³-hybridized carbons (Fsp3) is 0. The molecule has 0 aliphatic rings. The Morgan fingerprint density at radius 3 is 2.07 bits per heavy atom. The van der Waals surface area contributed by atoms with Crippen LogP contribution in [0.5, 0.6) is 0 Å². The molecule has 0 saturated heterocycles. The molecule has 0 fully saturated rings. The van der Waals surface area contributed by atoms with Gasteiger partial charge in [-0.3, -0.25) is 9.52 Å². The third kappa shape index (κ3) is 3.55. The largest absolute Gasteiger partial charge is 0.366 e. The maximum atomic E-state index is 13.3. The standard InChI is InChI=1S/C22H17N3O3S/c23-21(26)20-17-13-7-8-14-18(17)24-22(19(20)15-9-3-1-4-10-15)29(27,28)25-16-11-5-2-6-12-16/h1-14,25H,(H2,23,26). The first-order chi connectivity index (χ1) is 14.0. The van der Waals surface area contributed by atoms with Gasteiger partial charge in [-0.15, -0.1) is 0 Å². The van der Waals surface area contributed by atoms with Gasteiger partial charge in [-0.05, 0) is 23.8 Å². The fourth-order valence-electron chi connectivity index (χ4n) is 3.22. The normalized spacial score (nSPS) is 11.3. The predicted molar refractivity (Wildman–Crippen MR) is 113 cm³/mol. The maximum Gasteiger partial charge on any atom is 0.280 e. The number of nitrogens with zero attached hydrogens (tertiary/aromatic N) is 1. The molecule has 1 aromatic heterocycles. The van der Waals surface area contributed by atoms with Crippen LogP contribution in [0.25, 0.3) is 22.0 Å². The highest BCUT2D eigenvalue weighted by Gasteiger charge is 2.28. The number of fused-ring (bicyclic) bond motifs is 1. The van der Waals surface area contributed by atoms with E-state index < -0.39 is 15.9 Å². The van der Waals surface area contributed by atoms with E-state index in [9.17, 15) is 13.2 Å². The summed E-state index contributed by atoms with van der Waals surface area (Å²) in [5, 5.41) is 0.248. The molecule has 0 atom stereocenters. The number of hydrogen-bond acceptors (Lipinski definition) is 4. The Morgan fingerprint density at radius 2 is 1.41 bits per heavy atom. The second-order valence-corrected chi connectivity index (χ2v) is 7.98. The Hall–Kier alpha value is -3.71. The first kappa shape index (κ1) is 18.6. The topological polar surface area (TPSA) is 102 Å². The minimum Gasteiger partial charge on any atom is -0.366 e. The van der Waals surface area contributed by atoms with E-state index in [2.05, 4.69) is 9.71 Å². The molecule has 0 aliphatic heterocycles. The molecule has 4 aromatic rings. The van der Waals surface area contributed by atoms with Crippen molar-refractivity contribution < 1.29 is 13.2 Å². The van der Waals surface area contributed by atoms with Crippen molar-refractivity contribution in [2.24, 2.45) is 5.73 Å². The van der Waals surface area contributed by atoms with E-state index in [-0.39, 0.29) is 16.2 Å². The molecule has 3 aromatic carbocycles. The molecule has 0 unspecified atom stereocenters. The van der Waals surface area contributed by atoms with Crippen molar-refractivity contribution in [3.05, 3.63) is 90.5 Å². The lowest BCUT2D eigenvalue weighted by atomic mass is 9.97. The number of amides is 1. The summed E-state index contributed by atoms with van der Waals surface area (Å²) < 4.78 is 29.1. The first-order valence-electron chi connectivity index (χ1n) is 8.83. The van der Waals surface area contributed by atoms with Gasteiger partial charge in [-0.2, -0.15) is 8.42 Å². The number of aromatic nitrogens is 1. The number of sulfonamides is 1. The molecule has 1 amide bonds. The number of nitrogens with two attached hydrogens (primary N) is 1. The summed E-state index contributed by atoms with van der Waals surface area (Å²) in [4.78, 5) is 16.8. The minimum absolute atomic E-state index is 0.121. The smallest absolute Gasteiger partial charge is 0.280 e. The molecular formula is C22H17N3O3S. The zero-order valence-corrected chi connectivity index (χ0v) is 16.1. The Balaban J connectivity index is 2.06. The van der Waals surface area contributed by atoms with Crippen LogP contribution in [0.15, 0.2) is 90.0 Å². The molecule has 1 heterocycles. The van der Waals surface area contributed by atoms with Crippen LogP contribution in [0.3, 0.4) is 0 Å². The van der Waals surface area contributed by atoms with Crippen LogP contribution in [0.2, 0.25) is 0 Å². The van der Waals surface area contributed by atoms with Gasteiger partial charge in [0.15, 0.2) is 5.03 Å². The van der Waals surface area contributed by atoms with E-state index in [1.165, 1.54) is 0 Å². The molecule has 0 radical (unpaired) electrons. The Morgan fingerprint density at radius 1 is 0.828 bits per heavy atom. The van der Waals surface area contributed by atoms with E-state index >= 15 is 0 Å². The highest BCUT2D eigenvalue weighted by molar-refractivity contribution is 7.92. The van der Waals surface area contributed by atoms with Gasteiger partial charge in [0.1, 0.15) is 0 Å². The van der Waals surface area contributed by atoms with E-state index in [1.54, 1.807) is 84.9 Å². The molecule has 0 aliphatic carbocycles. The summed E-state index contributed by atoms with van der Waals surface area (Å²) in [6.07, 6.45) is 0. The van der Waals surface area contributed by atoms with Crippen molar-refractivity contribution in [3.8, 4) is 11.1 Å². The number of carbonyl (C=O) groups is 1. The Bertz CT molecular complexity index is 1310. The van der Waals surface area contributed by atoms with Gasteiger partial charge in [0.05, 0.1) is 11.1 Å². The van der Waals surface area contributed by atoms with Crippen LogP contribution in [0, 0.1) is 0 Å². The zero-order chi connectivity index (χ0) is 20.4. The van der Waals surface area contributed by atoms with Crippen LogP contribution in [-0.2, 0) is 10.0 Å². The van der Waals surface area contributed by atoms with E-state index in [0.29, 0.717) is 22.2 Å². The summed E-state index contributed by atoms with van der Waals surface area (Å²) in [6.45, 7) is 0. The Labute approximate surface area is 168 Å². The predicted octanol–water partition coefficient (Wildman–Crippen LogP) is 3.80. The van der Waals surface area contributed by atoms with Gasteiger partial charge < -0.3 is 5.73 Å². The molecule has 0 spiro atoms. The van der Waals surface area contributed by atoms with Crippen LogP contribution in [0.4, 0.5) is 5.69 Å². The minimum atomic E-state index is -4.11. The van der Waals surface area contributed by atoms with Gasteiger partial charge >= 0.3 is 0 Å². The number of para-hydroxylation sites is 2. The van der Waals surface area contributed by atoms with Crippen molar-refractivity contribution in [1.82, 2.24) is 4.98 Å². The van der Waals surface area contributed by atoms with Crippen molar-refractivity contribution >= 4 is 32.5 Å². The zero-order valence-electron chi connectivity index (χ0n) is 15.2. The number of benzene rings is 3. The Kier molecular flexibility index (Phi) is 4.74. The molecule has 144 valence electrons. The van der Waals surface area contributed by atoms with Crippen LogP contribution in [-0.4, -0.2) is 19.3 Å². The van der Waals surface area contributed by atoms with Gasteiger partial charge in [0.25, 0.3) is 10.0 Å². The van der Waals surface area contributed by atoms with Gasteiger partial charge in [-0.1, -0.05) is 66.7 Å². The molecule has 7 heteroatoms. The summed E-state index contributed by atoms with van der Waals surface area (Å²) in [5.41, 5.74) is 7.30. The lowest BCUT2D eigenvalue weighted by molar-refractivity contribution is 0.100. The van der Waals surface area contributed by atoms with Crippen LogP contribution in [0.1, 0.15) is 10.4 Å². The van der Waals surface area contributed by atoms with E-state index in [1.807, 2.05) is 0 Å². The second kappa shape index (κ2) is 7.37. The SMILES string of the molecule is NC(=O)c1c(-c2ccccc2)c(S(=O)(=O)Nc2ccccc2)nc2ccccc12. The number of anilines is 1. The monoisotopic (exact) mass is 403 g/mol. The van der Waals surface area contributed by atoms with Crippen molar-refractivity contribution in [3.63, 3.8) is 0 Å². The maximum absolute atomic E-state index is 13.3. The third-order valence-corrected chi connectivity index (χ3v) is 5.76. The van der Waals surface area contributed by atoms with Gasteiger partial charge in [0, 0.05) is 16.6 Å². The summed E-state index contributed by atoms with van der Waals surface area (Å²) in [5.74, 6) is -0.724.